The first-order valence-corrected chi connectivity index (χ1v) is 10.3. The van der Waals surface area contributed by atoms with Crippen LogP contribution in [0.15, 0.2) is 59.8 Å². The Labute approximate surface area is 172 Å². The number of aromatic nitrogens is 3. The van der Waals surface area contributed by atoms with Crippen molar-refractivity contribution in [1.82, 2.24) is 14.6 Å². The number of nitrogens with zero attached hydrogens (tertiary/aromatic N) is 3. The van der Waals surface area contributed by atoms with E-state index in [1.807, 2.05) is 28.7 Å². The molecule has 29 heavy (non-hydrogen) atoms. The molecule has 2 heterocycles. The third kappa shape index (κ3) is 3.86. The van der Waals surface area contributed by atoms with Crippen molar-refractivity contribution >= 4 is 45.7 Å². The Bertz CT molecular complexity index is 1210. The highest BCUT2D eigenvalue weighted by Gasteiger charge is 2.14. The predicted octanol–water partition coefficient (Wildman–Crippen LogP) is 4.51. The number of thioether (sulfide) groups is 1. The summed E-state index contributed by atoms with van der Waals surface area (Å²) in [4.78, 5) is 24.1. The molecule has 4 aromatic rings. The summed E-state index contributed by atoms with van der Waals surface area (Å²) >= 11 is 1.37. The van der Waals surface area contributed by atoms with Crippen LogP contribution in [0.3, 0.4) is 0 Å². The molecule has 0 radical (unpaired) electrons. The molecule has 1 N–H and O–H groups in total. The summed E-state index contributed by atoms with van der Waals surface area (Å²) in [5, 5.41) is 13.2. The largest absolute Gasteiger partial charge is 0.326 e. The lowest BCUT2D eigenvalue weighted by Gasteiger charge is -2.07. The van der Waals surface area contributed by atoms with Gasteiger partial charge in [-0.1, -0.05) is 36.9 Å². The van der Waals surface area contributed by atoms with Crippen LogP contribution >= 0.6 is 11.8 Å². The molecule has 6 nitrogen and oxygen atoms in total. The van der Waals surface area contributed by atoms with Crippen LogP contribution in [0.2, 0.25) is 0 Å². The third-order valence-corrected chi connectivity index (χ3v) is 5.65. The van der Waals surface area contributed by atoms with Crippen LogP contribution in [-0.2, 0) is 4.79 Å². The van der Waals surface area contributed by atoms with E-state index in [1.165, 1.54) is 11.8 Å². The van der Waals surface area contributed by atoms with Gasteiger partial charge in [0.1, 0.15) is 0 Å². The van der Waals surface area contributed by atoms with E-state index in [0.717, 1.165) is 22.1 Å². The van der Waals surface area contributed by atoms with Gasteiger partial charge in [0, 0.05) is 23.1 Å². The van der Waals surface area contributed by atoms with Crippen molar-refractivity contribution in [1.29, 1.82) is 0 Å². The molecule has 4 rings (SSSR count). The molecule has 0 unspecified atom stereocenters. The first kappa shape index (κ1) is 19.1. The van der Waals surface area contributed by atoms with Crippen LogP contribution in [0, 0.1) is 6.92 Å². The zero-order chi connectivity index (χ0) is 20.4. The lowest BCUT2D eigenvalue weighted by Crippen LogP contribution is -2.10. The van der Waals surface area contributed by atoms with Gasteiger partial charge >= 0.3 is 0 Å². The van der Waals surface area contributed by atoms with Gasteiger partial charge in [-0.25, -0.2) is 0 Å². The molecular formula is C22H20N4O2S. The number of Topliss-reactive ketones (excluding diaryl/α,β-unsaturated/α-hetero) is 1. The standard InChI is InChI=1S/C22H20N4O2S/c1-3-21(28)23-16-10-8-15(9-11-16)19(27)13-29-22-25-24-20-12-14(2)17-6-4-5-7-18(17)26(20)22/h4-12H,3,13H2,1-2H3,(H,23,28). The molecule has 0 aliphatic carbocycles. The van der Waals surface area contributed by atoms with E-state index in [1.54, 1.807) is 31.2 Å². The Morgan fingerprint density at radius 3 is 2.59 bits per heavy atom. The fraction of sp³-hybridized carbons (Fsp3) is 0.182. The Morgan fingerprint density at radius 2 is 1.83 bits per heavy atom. The minimum Gasteiger partial charge on any atom is -0.326 e. The minimum absolute atomic E-state index is 0.00321. The minimum atomic E-state index is -0.0548. The van der Waals surface area contributed by atoms with Gasteiger partial charge in [-0.05, 0) is 48.9 Å². The summed E-state index contributed by atoms with van der Waals surface area (Å²) in [6.07, 6.45) is 0.415. The molecular weight excluding hydrogens is 384 g/mol. The number of aryl methyl sites for hydroxylation is 1. The average Bonchev–Trinajstić information content (AvgIpc) is 3.15. The van der Waals surface area contributed by atoms with E-state index in [9.17, 15) is 9.59 Å². The van der Waals surface area contributed by atoms with Gasteiger partial charge in [-0.2, -0.15) is 0 Å². The summed E-state index contributed by atoms with van der Waals surface area (Å²) in [7, 11) is 0. The van der Waals surface area contributed by atoms with E-state index in [4.69, 9.17) is 0 Å². The van der Waals surface area contributed by atoms with Crippen molar-refractivity contribution in [3.8, 4) is 0 Å². The second-order valence-corrected chi connectivity index (χ2v) is 7.65. The van der Waals surface area contributed by atoms with Gasteiger partial charge in [0.2, 0.25) is 5.91 Å². The average molecular weight is 404 g/mol. The molecule has 2 aromatic heterocycles. The van der Waals surface area contributed by atoms with Gasteiger partial charge in [0.25, 0.3) is 0 Å². The molecule has 146 valence electrons. The highest BCUT2D eigenvalue weighted by Crippen LogP contribution is 2.26. The summed E-state index contributed by atoms with van der Waals surface area (Å²) in [6.45, 7) is 3.85. The Kier molecular flexibility index (Phi) is 5.31. The number of amides is 1. The summed E-state index contributed by atoms with van der Waals surface area (Å²) in [5.41, 5.74) is 4.22. The van der Waals surface area contributed by atoms with Gasteiger partial charge in [0.05, 0.1) is 11.3 Å². The maximum Gasteiger partial charge on any atom is 0.224 e. The van der Waals surface area contributed by atoms with E-state index in [2.05, 4.69) is 28.5 Å². The van der Waals surface area contributed by atoms with Crippen LogP contribution < -0.4 is 5.32 Å². The van der Waals surface area contributed by atoms with E-state index >= 15 is 0 Å². The van der Waals surface area contributed by atoms with Crippen molar-refractivity contribution in [2.24, 2.45) is 0 Å². The lowest BCUT2D eigenvalue weighted by atomic mass is 10.1. The highest BCUT2D eigenvalue weighted by atomic mass is 32.2. The SMILES string of the molecule is CCC(=O)Nc1ccc(C(=O)CSc2nnc3cc(C)c4ccccc4n23)cc1. The molecule has 0 spiro atoms. The number of carbonyl (C=O) groups excluding carboxylic acids is 2. The number of hydrogen-bond acceptors (Lipinski definition) is 5. The summed E-state index contributed by atoms with van der Waals surface area (Å²) < 4.78 is 1.99. The molecule has 0 atom stereocenters. The van der Waals surface area contributed by atoms with Gasteiger partial charge in [-0.15, -0.1) is 10.2 Å². The lowest BCUT2D eigenvalue weighted by molar-refractivity contribution is -0.115. The van der Waals surface area contributed by atoms with Crippen molar-refractivity contribution in [3.05, 3.63) is 65.7 Å². The maximum atomic E-state index is 12.6. The number of rotatable bonds is 6. The highest BCUT2D eigenvalue weighted by molar-refractivity contribution is 7.99. The van der Waals surface area contributed by atoms with Crippen molar-refractivity contribution in [2.75, 3.05) is 11.1 Å². The Morgan fingerprint density at radius 1 is 1.07 bits per heavy atom. The molecule has 0 fully saturated rings. The molecule has 1 amide bonds. The van der Waals surface area contributed by atoms with Crippen LogP contribution in [0.5, 0.6) is 0 Å². The second kappa shape index (κ2) is 8.05. The number of benzene rings is 2. The number of ketones is 1. The topological polar surface area (TPSA) is 76.4 Å². The van der Waals surface area contributed by atoms with Gasteiger partial charge in [0.15, 0.2) is 16.6 Å². The Hall–Kier alpha value is -3.19. The fourth-order valence-electron chi connectivity index (χ4n) is 3.17. The smallest absolute Gasteiger partial charge is 0.224 e. The number of nitrogens with one attached hydrogen (secondary N) is 1. The van der Waals surface area contributed by atoms with Crippen LogP contribution in [0.25, 0.3) is 16.6 Å². The van der Waals surface area contributed by atoms with Crippen LogP contribution in [0.4, 0.5) is 5.69 Å². The fourth-order valence-corrected chi connectivity index (χ4v) is 4.02. The number of pyridine rings is 1. The Balaban J connectivity index is 1.53. The predicted molar refractivity (Wildman–Crippen MR) is 116 cm³/mol. The van der Waals surface area contributed by atoms with Crippen molar-refractivity contribution < 1.29 is 9.59 Å². The molecule has 0 saturated carbocycles. The second-order valence-electron chi connectivity index (χ2n) is 6.71. The molecule has 7 heteroatoms. The number of para-hydroxylation sites is 1. The summed E-state index contributed by atoms with van der Waals surface area (Å²) in [6, 6.07) is 17.1. The molecule has 0 aliphatic heterocycles. The third-order valence-electron chi connectivity index (χ3n) is 4.72. The van der Waals surface area contributed by atoms with E-state index < -0.39 is 0 Å². The van der Waals surface area contributed by atoms with E-state index in [0.29, 0.717) is 22.8 Å². The van der Waals surface area contributed by atoms with Gasteiger partial charge in [-0.3, -0.25) is 14.0 Å². The van der Waals surface area contributed by atoms with Crippen LogP contribution in [0.1, 0.15) is 29.3 Å². The quantitative estimate of drug-likeness (QED) is 0.378. The van der Waals surface area contributed by atoms with E-state index in [-0.39, 0.29) is 17.4 Å². The molecule has 0 aliphatic rings. The zero-order valence-electron chi connectivity index (χ0n) is 16.2. The molecule has 0 saturated heterocycles. The van der Waals surface area contributed by atoms with Crippen molar-refractivity contribution in [2.45, 2.75) is 25.4 Å². The summed E-state index contributed by atoms with van der Waals surface area (Å²) in [5.74, 6) is 0.196. The van der Waals surface area contributed by atoms with Gasteiger partial charge < -0.3 is 5.32 Å². The monoisotopic (exact) mass is 404 g/mol. The normalized spacial score (nSPS) is 11.1. The molecule has 0 bridgehead atoms. The van der Waals surface area contributed by atoms with Crippen LogP contribution in [-0.4, -0.2) is 32.0 Å². The van der Waals surface area contributed by atoms with Crippen molar-refractivity contribution in [3.63, 3.8) is 0 Å². The number of carbonyl (C=O) groups is 2. The maximum absolute atomic E-state index is 12.6. The zero-order valence-corrected chi connectivity index (χ0v) is 17.0. The first-order valence-electron chi connectivity index (χ1n) is 9.36. The number of anilines is 1. The number of fused-ring (bicyclic) bond motifs is 3. The molecule has 2 aromatic carbocycles. The number of hydrogen-bond donors (Lipinski definition) is 1. The first-order chi connectivity index (χ1) is 14.1.